The molecule has 180 valence electrons. The van der Waals surface area contributed by atoms with Gasteiger partial charge in [0.15, 0.2) is 5.37 Å². The number of ether oxygens (including phenoxy) is 2. The Hall–Kier alpha value is -3.60. The van der Waals surface area contributed by atoms with Gasteiger partial charge in [0, 0.05) is 17.0 Å². The number of rotatable bonds is 8. The molecule has 34 heavy (non-hydrogen) atoms. The van der Waals surface area contributed by atoms with Gasteiger partial charge < -0.3 is 19.7 Å². The minimum absolute atomic E-state index is 0.0673. The van der Waals surface area contributed by atoms with E-state index in [1.807, 2.05) is 30.3 Å². The second kappa shape index (κ2) is 10.6. The van der Waals surface area contributed by atoms with Crippen molar-refractivity contribution < 1.29 is 28.8 Å². The van der Waals surface area contributed by atoms with E-state index in [0.29, 0.717) is 5.56 Å². The summed E-state index contributed by atoms with van der Waals surface area (Å²) in [6.45, 7) is 5.17. The number of likely N-dealkylation sites (tertiary alicyclic amines) is 1. The molecule has 11 heteroatoms. The lowest BCUT2D eigenvalue weighted by Gasteiger charge is -2.42. The van der Waals surface area contributed by atoms with E-state index in [4.69, 9.17) is 9.47 Å². The molecule has 1 saturated heterocycles. The molecular weight excluding hydrogens is 462 g/mol. The van der Waals surface area contributed by atoms with Crippen molar-refractivity contribution in [2.24, 2.45) is 0 Å². The highest BCUT2D eigenvalue weighted by Gasteiger charge is 2.46. The van der Waals surface area contributed by atoms with Gasteiger partial charge in [0.1, 0.15) is 18.2 Å². The lowest BCUT2D eigenvalue weighted by Crippen LogP contribution is -2.67. The Balaban J connectivity index is 1.65. The predicted molar refractivity (Wildman–Crippen MR) is 124 cm³/mol. The minimum Gasteiger partial charge on any atom is -0.459 e. The maximum atomic E-state index is 12.9. The lowest BCUT2D eigenvalue weighted by molar-refractivity contribution is -0.384. The number of nitrogens with one attached hydrogen (secondary N) is 1. The summed E-state index contributed by atoms with van der Waals surface area (Å²) in [5.74, 6) is -1.07. The van der Waals surface area contributed by atoms with Gasteiger partial charge in [-0.2, -0.15) is 0 Å². The fourth-order valence-electron chi connectivity index (χ4n) is 3.03. The van der Waals surface area contributed by atoms with Crippen molar-refractivity contribution in [3.63, 3.8) is 0 Å². The van der Waals surface area contributed by atoms with E-state index >= 15 is 0 Å². The first-order valence-electron chi connectivity index (χ1n) is 10.4. The van der Waals surface area contributed by atoms with Gasteiger partial charge in [-0.15, -0.1) is 0 Å². The third-order valence-electron chi connectivity index (χ3n) is 4.66. The fraction of sp³-hybridized carbons (Fsp3) is 0.348. The molecule has 0 aliphatic carbocycles. The molecule has 3 rings (SSSR count). The Morgan fingerprint density at radius 1 is 1.18 bits per heavy atom. The lowest BCUT2D eigenvalue weighted by atomic mass is 10.1. The van der Waals surface area contributed by atoms with Crippen LogP contribution in [-0.2, 0) is 25.7 Å². The van der Waals surface area contributed by atoms with Gasteiger partial charge in [0.2, 0.25) is 5.91 Å². The van der Waals surface area contributed by atoms with Crippen LogP contribution >= 0.6 is 11.8 Å². The molecule has 1 N–H and O–H groups in total. The van der Waals surface area contributed by atoms with Crippen molar-refractivity contribution in [2.75, 3.05) is 6.54 Å². The summed E-state index contributed by atoms with van der Waals surface area (Å²) in [6, 6.07) is 13.9. The van der Waals surface area contributed by atoms with Crippen LogP contribution in [0.25, 0.3) is 0 Å². The second-order valence-electron chi connectivity index (χ2n) is 8.50. The number of esters is 1. The summed E-state index contributed by atoms with van der Waals surface area (Å²) < 4.78 is 10.6. The number of carbonyl (C=O) groups is 3. The summed E-state index contributed by atoms with van der Waals surface area (Å²) in [5.41, 5.74) is -0.201. The van der Waals surface area contributed by atoms with Crippen molar-refractivity contribution in [1.29, 1.82) is 0 Å². The predicted octanol–water partition coefficient (Wildman–Crippen LogP) is 3.49. The minimum atomic E-state index is -0.968. The number of nitro benzene ring substituents is 1. The Morgan fingerprint density at radius 3 is 2.38 bits per heavy atom. The first-order valence-corrected chi connectivity index (χ1v) is 11.3. The monoisotopic (exact) mass is 487 g/mol. The highest BCUT2D eigenvalue weighted by molar-refractivity contribution is 8.00. The molecule has 2 atom stereocenters. The van der Waals surface area contributed by atoms with Crippen molar-refractivity contribution in [2.45, 2.75) is 49.3 Å². The van der Waals surface area contributed by atoms with Crippen molar-refractivity contribution >= 4 is 35.4 Å². The van der Waals surface area contributed by atoms with E-state index in [1.165, 1.54) is 29.2 Å². The van der Waals surface area contributed by atoms with Gasteiger partial charge >= 0.3 is 12.1 Å². The molecule has 0 bridgehead atoms. The van der Waals surface area contributed by atoms with Crippen LogP contribution in [0.2, 0.25) is 0 Å². The van der Waals surface area contributed by atoms with E-state index in [2.05, 4.69) is 5.32 Å². The topological polar surface area (TPSA) is 128 Å². The maximum absolute atomic E-state index is 12.9. The number of carbonyl (C=O) groups excluding carboxylic acids is 3. The smallest absolute Gasteiger partial charge is 0.408 e. The Kier molecular flexibility index (Phi) is 7.77. The third-order valence-corrected chi connectivity index (χ3v) is 5.87. The van der Waals surface area contributed by atoms with Gasteiger partial charge in [-0.25, -0.2) is 9.59 Å². The van der Waals surface area contributed by atoms with Crippen LogP contribution in [0.4, 0.5) is 10.5 Å². The zero-order chi connectivity index (χ0) is 24.9. The standard InChI is InChI=1S/C23H25N3O7S/c1-23(2,3)33-22(29)24-18-13-25(19(18)27)20(34-17-7-5-4-6-8-17)21(28)32-14-15-9-11-16(12-10-15)26(30)31/h4-12,18,20H,13-14H2,1-3H3,(H,24,29)/t18-,20?/m0/s1. The number of non-ortho nitro benzene ring substituents is 1. The molecule has 1 fully saturated rings. The molecule has 2 amide bonds. The summed E-state index contributed by atoms with van der Waals surface area (Å²) in [6.07, 6.45) is -0.710. The van der Waals surface area contributed by atoms with Crippen molar-refractivity contribution in [1.82, 2.24) is 10.2 Å². The van der Waals surface area contributed by atoms with Gasteiger partial charge in [-0.05, 0) is 50.6 Å². The van der Waals surface area contributed by atoms with Crippen LogP contribution in [0.15, 0.2) is 59.5 Å². The molecular formula is C23H25N3O7S. The fourth-order valence-corrected chi connectivity index (χ4v) is 4.08. The average molecular weight is 488 g/mol. The number of amides is 2. The van der Waals surface area contributed by atoms with Crippen LogP contribution in [0, 0.1) is 10.1 Å². The number of nitrogens with zero attached hydrogens (tertiary/aromatic N) is 2. The van der Waals surface area contributed by atoms with E-state index < -0.39 is 39.9 Å². The average Bonchev–Trinajstić information content (AvgIpc) is 2.78. The van der Waals surface area contributed by atoms with Crippen LogP contribution in [0.1, 0.15) is 26.3 Å². The molecule has 2 aromatic carbocycles. The van der Waals surface area contributed by atoms with Crippen LogP contribution < -0.4 is 5.32 Å². The normalized spacial score (nSPS) is 16.3. The number of hydrogen-bond acceptors (Lipinski definition) is 8. The number of hydrogen-bond donors (Lipinski definition) is 1. The van der Waals surface area contributed by atoms with E-state index in [9.17, 15) is 24.5 Å². The number of β-lactam (4-membered cyclic amide) rings is 1. The molecule has 1 heterocycles. The molecule has 2 aromatic rings. The first kappa shape index (κ1) is 25.0. The van der Waals surface area contributed by atoms with E-state index in [1.54, 1.807) is 20.8 Å². The number of nitro groups is 1. The highest BCUT2D eigenvalue weighted by Crippen LogP contribution is 2.31. The summed E-state index contributed by atoms with van der Waals surface area (Å²) in [7, 11) is 0. The molecule has 0 radical (unpaired) electrons. The van der Waals surface area contributed by atoms with Crippen LogP contribution in [0.5, 0.6) is 0 Å². The number of alkyl carbamates (subject to hydrolysis) is 1. The molecule has 1 aliphatic heterocycles. The largest absolute Gasteiger partial charge is 0.459 e. The summed E-state index contributed by atoms with van der Waals surface area (Å²) >= 11 is 1.15. The third kappa shape index (κ3) is 6.70. The molecule has 0 saturated carbocycles. The molecule has 1 unspecified atom stereocenters. The zero-order valence-electron chi connectivity index (χ0n) is 18.9. The quantitative estimate of drug-likeness (QED) is 0.197. The number of benzene rings is 2. The summed E-state index contributed by atoms with van der Waals surface area (Å²) in [4.78, 5) is 50.0. The zero-order valence-corrected chi connectivity index (χ0v) is 19.7. The maximum Gasteiger partial charge on any atom is 0.408 e. The van der Waals surface area contributed by atoms with Gasteiger partial charge in [-0.1, -0.05) is 30.0 Å². The molecule has 0 aromatic heterocycles. The van der Waals surface area contributed by atoms with Gasteiger partial charge in [0.05, 0.1) is 11.5 Å². The van der Waals surface area contributed by atoms with E-state index in [0.717, 1.165) is 16.7 Å². The second-order valence-corrected chi connectivity index (χ2v) is 9.66. The SMILES string of the molecule is CC(C)(C)OC(=O)N[C@H]1CN(C(Sc2ccccc2)C(=O)OCc2ccc([N+](=O)[O-])cc2)C1=O. The Morgan fingerprint density at radius 2 is 1.82 bits per heavy atom. The Labute approximate surface area is 200 Å². The molecule has 1 aliphatic rings. The van der Waals surface area contributed by atoms with Gasteiger partial charge in [0.25, 0.3) is 5.69 Å². The van der Waals surface area contributed by atoms with Crippen molar-refractivity contribution in [3.05, 3.63) is 70.3 Å². The number of thioether (sulfide) groups is 1. The first-order chi connectivity index (χ1) is 16.0. The Bertz CT molecular complexity index is 1050. The molecule has 0 spiro atoms. The highest BCUT2D eigenvalue weighted by atomic mass is 32.2. The summed E-state index contributed by atoms with van der Waals surface area (Å²) in [5, 5.41) is 12.3. The van der Waals surface area contributed by atoms with E-state index in [-0.39, 0.29) is 18.8 Å². The van der Waals surface area contributed by atoms with Crippen LogP contribution in [0.3, 0.4) is 0 Å². The molecule has 10 nitrogen and oxygen atoms in total. The van der Waals surface area contributed by atoms with Crippen molar-refractivity contribution in [3.8, 4) is 0 Å². The van der Waals surface area contributed by atoms with Crippen LogP contribution in [-0.4, -0.2) is 51.4 Å². The van der Waals surface area contributed by atoms with Gasteiger partial charge in [-0.3, -0.25) is 14.9 Å².